The Labute approximate surface area is 119 Å². The number of likely N-dealkylation sites (N-methyl/N-ethyl adjacent to an activating group) is 1. The van der Waals surface area contributed by atoms with E-state index in [9.17, 15) is 9.59 Å². The van der Waals surface area contributed by atoms with E-state index in [1.807, 2.05) is 6.92 Å². The van der Waals surface area contributed by atoms with E-state index in [0.29, 0.717) is 18.8 Å². The molecule has 20 heavy (non-hydrogen) atoms. The Kier molecular flexibility index (Phi) is 6.21. The van der Waals surface area contributed by atoms with Crippen LogP contribution >= 0.6 is 0 Å². The Morgan fingerprint density at radius 1 is 1.30 bits per heavy atom. The van der Waals surface area contributed by atoms with Crippen LogP contribution in [0.4, 0.5) is 0 Å². The molecule has 0 aliphatic carbocycles. The van der Waals surface area contributed by atoms with E-state index in [-0.39, 0.29) is 23.8 Å². The molecule has 1 aliphatic heterocycles. The highest BCUT2D eigenvalue weighted by Crippen LogP contribution is 2.23. The van der Waals surface area contributed by atoms with E-state index in [1.165, 1.54) is 12.1 Å². The number of esters is 1. The van der Waals surface area contributed by atoms with Crippen molar-refractivity contribution in [1.82, 2.24) is 5.01 Å². The van der Waals surface area contributed by atoms with Gasteiger partial charge in [-0.05, 0) is 13.3 Å². The predicted octanol–water partition coefficient (Wildman–Crippen LogP) is 2.21. The molecular formula is C14H22N2O4. The first kappa shape index (κ1) is 16.2. The average Bonchev–Trinajstić information content (AvgIpc) is 2.70. The summed E-state index contributed by atoms with van der Waals surface area (Å²) < 4.78 is 10.7. The number of hydrogen-bond acceptors (Lipinski definition) is 5. The largest absolute Gasteiger partial charge is 0.497 e. The minimum atomic E-state index is -0.421. The first-order chi connectivity index (χ1) is 9.54. The number of nitrogens with zero attached hydrogens (tertiary/aromatic N) is 2. The molecule has 0 N–H and O–H groups in total. The van der Waals surface area contributed by atoms with Gasteiger partial charge in [0.25, 0.3) is 11.8 Å². The lowest BCUT2D eigenvalue weighted by atomic mass is 10.1. The molecule has 0 atom stereocenters. The van der Waals surface area contributed by atoms with Gasteiger partial charge < -0.3 is 9.47 Å². The van der Waals surface area contributed by atoms with Crippen molar-refractivity contribution in [2.75, 3.05) is 13.7 Å². The molecule has 0 radical (unpaired) electrons. The molecule has 0 fully saturated rings. The summed E-state index contributed by atoms with van der Waals surface area (Å²) in [6.45, 7) is 6.05. The summed E-state index contributed by atoms with van der Waals surface area (Å²) in [4.78, 5) is 23.6. The molecule has 1 rings (SSSR count). The molecule has 0 bridgehead atoms. The smallest absolute Gasteiger partial charge is 0.312 e. The number of ether oxygens (including phenoxy) is 2. The number of unbranched alkanes of at least 4 members (excludes halogenated alkanes) is 1. The maximum Gasteiger partial charge on any atom is 0.312 e. The van der Waals surface area contributed by atoms with Gasteiger partial charge >= 0.3 is 5.97 Å². The van der Waals surface area contributed by atoms with Crippen LogP contribution in [0.3, 0.4) is 0 Å². The molecule has 0 unspecified atom stereocenters. The van der Waals surface area contributed by atoms with Gasteiger partial charge in [0.1, 0.15) is 11.3 Å². The Balaban J connectivity index is 3.08. The van der Waals surface area contributed by atoms with Crippen LogP contribution in [0.2, 0.25) is 0 Å². The van der Waals surface area contributed by atoms with Crippen molar-refractivity contribution < 1.29 is 19.1 Å². The summed E-state index contributed by atoms with van der Waals surface area (Å²) in [6, 6.07) is 0. The Morgan fingerprint density at radius 2 is 2.00 bits per heavy atom. The summed E-state index contributed by atoms with van der Waals surface area (Å²) in [5.74, 6) is -0.130. The molecule has 0 aromatic rings. The zero-order valence-corrected chi connectivity index (χ0v) is 12.6. The molecule has 0 saturated heterocycles. The van der Waals surface area contributed by atoms with Gasteiger partial charge in [-0.25, -0.2) is 5.01 Å². The van der Waals surface area contributed by atoms with Gasteiger partial charge in [-0.1, -0.05) is 20.3 Å². The van der Waals surface area contributed by atoms with Crippen molar-refractivity contribution >= 4 is 17.8 Å². The van der Waals surface area contributed by atoms with E-state index < -0.39 is 5.97 Å². The molecule has 1 amide bonds. The molecule has 112 valence electrons. The summed E-state index contributed by atoms with van der Waals surface area (Å²) in [5, 5.41) is 5.13. The normalized spacial score (nSPS) is 17.1. The lowest BCUT2D eigenvalue weighted by Gasteiger charge is -2.12. The van der Waals surface area contributed by atoms with Crippen LogP contribution in [-0.4, -0.2) is 36.4 Å². The number of carbonyl (C=O) groups is 2. The minimum absolute atomic E-state index is 0.0453. The highest BCUT2D eigenvalue weighted by atomic mass is 16.5. The van der Waals surface area contributed by atoms with Crippen LogP contribution in [0, 0.1) is 0 Å². The Hall–Kier alpha value is -1.85. The van der Waals surface area contributed by atoms with Crippen LogP contribution in [0.5, 0.6) is 0 Å². The van der Waals surface area contributed by atoms with Crippen molar-refractivity contribution in [2.24, 2.45) is 5.10 Å². The Bertz CT molecular complexity index is 440. The second-order valence-corrected chi connectivity index (χ2v) is 4.40. The molecule has 1 heterocycles. The number of carbonyl (C=O) groups excluding carboxylic acids is 2. The predicted molar refractivity (Wildman–Crippen MR) is 74.8 cm³/mol. The average molecular weight is 282 g/mol. The van der Waals surface area contributed by atoms with Crippen molar-refractivity contribution in [3.8, 4) is 0 Å². The zero-order chi connectivity index (χ0) is 15.1. The topological polar surface area (TPSA) is 68.2 Å². The minimum Gasteiger partial charge on any atom is -0.497 e. The third-order valence-corrected chi connectivity index (χ3v) is 2.82. The van der Waals surface area contributed by atoms with Gasteiger partial charge in [0.15, 0.2) is 0 Å². The molecule has 6 nitrogen and oxygen atoms in total. The molecule has 0 spiro atoms. The van der Waals surface area contributed by atoms with E-state index in [2.05, 4.69) is 12.0 Å². The third-order valence-electron chi connectivity index (χ3n) is 2.82. The summed E-state index contributed by atoms with van der Waals surface area (Å²) in [5.41, 5.74) is 0.268. The molecule has 0 aromatic heterocycles. The molecule has 6 heteroatoms. The maximum absolute atomic E-state index is 12.1. The quantitative estimate of drug-likeness (QED) is 0.425. The second-order valence-electron chi connectivity index (χ2n) is 4.40. The zero-order valence-electron chi connectivity index (χ0n) is 12.6. The van der Waals surface area contributed by atoms with Gasteiger partial charge in [0, 0.05) is 19.9 Å². The highest BCUT2D eigenvalue weighted by Gasteiger charge is 2.34. The van der Waals surface area contributed by atoms with Gasteiger partial charge in [0.2, 0.25) is 0 Å². The standard InChI is InChI=1S/C14H22N2O4/c1-5-8-9-10(19-7-3)12-13(20-11(17)6-2)15-16(4)14(12)18/h5-9H2,1-4H3. The molecular weight excluding hydrogens is 260 g/mol. The first-order valence-electron chi connectivity index (χ1n) is 6.98. The van der Waals surface area contributed by atoms with E-state index >= 15 is 0 Å². The fraction of sp³-hybridized carbons (Fsp3) is 0.643. The van der Waals surface area contributed by atoms with Crippen LogP contribution in [0.15, 0.2) is 16.4 Å². The van der Waals surface area contributed by atoms with E-state index in [1.54, 1.807) is 6.92 Å². The summed E-state index contributed by atoms with van der Waals surface area (Å²) in [7, 11) is 1.53. The number of hydrogen-bond donors (Lipinski definition) is 0. The van der Waals surface area contributed by atoms with Crippen molar-refractivity contribution in [1.29, 1.82) is 0 Å². The number of amides is 1. The lowest BCUT2D eigenvalue weighted by Crippen LogP contribution is -2.21. The third kappa shape index (κ3) is 3.82. The van der Waals surface area contributed by atoms with Gasteiger partial charge in [-0.15, -0.1) is 5.10 Å². The fourth-order valence-electron chi connectivity index (χ4n) is 1.76. The van der Waals surface area contributed by atoms with Gasteiger partial charge in [-0.2, -0.15) is 0 Å². The molecule has 0 saturated carbocycles. The van der Waals surface area contributed by atoms with Gasteiger partial charge in [-0.3, -0.25) is 9.59 Å². The van der Waals surface area contributed by atoms with E-state index in [4.69, 9.17) is 9.47 Å². The van der Waals surface area contributed by atoms with Crippen LogP contribution in [-0.2, 0) is 19.1 Å². The van der Waals surface area contributed by atoms with Crippen molar-refractivity contribution in [3.63, 3.8) is 0 Å². The number of rotatable bonds is 6. The summed E-state index contributed by atoms with van der Waals surface area (Å²) in [6.07, 6.45) is 2.73. The summed E-state index contributed by atoms with van der Waals surface area (Å²) >= 11 is 0. The van der Waals surface area contributed by atoms with Crippen LogP contribution < -0.4 is 0 Å². The second kappa shape index (κ2) is 7.67. The lowest BCUT2D eigenvalue weighted by molar-refractivity contribution is -0.135. The van der Waals surface area contributed by atoms with Crippen LogP contribution in [0.25, 0.3) is 0 Å². The van der Waals surface area contributed by atoms with E-state index in [0.717, 1.165) is 12.8 Å². The SMILES string of the molecule is CCCCC(OCC)=C1C(=O)N(C)N=C1OC(=O)CC. The number of hydrazone groups is 1. The first-order valence-corrected chi connectivity index (χ1v) is 6.98. The Morgan fingerprint density at radius 3 is 2.55 bits per heavy atom. The van der Waals surface area contributed by atoms with Crippen molar-refractivity contribution in [2.45, 2.75) is 46.5 Å². The van der Waals surface area contributed by atoms with Gasteiger partial charge in [0.05, 0.1) is 6.61 Å². The number of allylic oxidation sites excluding steroid dienone is 1. The van der Waals surface area contributed by atoms with Crippen molar-refractivity contribution in [3.05, 3.63) is 11.3 Å². The van der Waals surface area contributed by atoms with Crippen LogP contribution in [0.1, 0.15) is 46.5 Å². The molecule has 1 aliphatic rings. The highest BCUT2D eigenvalue weighted by molar-refractivity contribution is 6.23. The maximum atomic E-state index is 12.1. The monoisotopic (exact) mass is 282 g/mol. The fourth-order valence-corrected chi connectivity index (χ4v) is 1.76. The molecule has 0 aromatic carbocycles.